The number of ether oxygens (including phenoxy) is 4. The summed E-state index contributed by atoms with van der Waals surface area (Å²) in [6.07, 6.45) is 0.807. The van der Waals surface area contributed by atoms with Crippen molar-refractivity contribution in [2.75, 3.05) is 61.1 Å². The third-order valence-corrected chi connectivity index (χ3v) is 21.2. The van der Waals surface area contributed by atoms with Gasteiger partial charge in [-0.05, 0) is 239 Å². The Kier molecular flexibility index (Phi) is 36.8. The molecule has 0 atom stereocenters. The lowest BCUT2D eigenvalue weighted by Gasteiger charge is -2.24. The minimum atomic E-state index is -1.06. The van der Waals surface area contributed by atoms with Crippen molar-refractivity contribution in [3.63, 3.8) is 0 Å². The molecule has 3 aromatic heterocycles. The van der Waals surface area contributed by atoms with Gasteiger partial charge < -0.3 is 45.6 Å². The van der Waals surface area contributed by atoms with E-state index in [1.807, 2.05) is 106 Å². The number of hydrogen-bond donors (Lipinski definition) is 6. The fourth-order valence-corrected chi connectivity index (χ4v) is 15.0. The molecule has 16 rings (SSSR count). The summed E-state index contributed by atoms with van der Waals surface area (Å²) in [4.78, 5) is 148. The number of halogens is 7. The van der Waals surface area contributed by atoms with Gasteiger partial charge in [0.2, 0.25) is 5.91 Å². The Bertz CT molecular complexity index is 5840. The number of fused-ring (bicyclic) bond motifs is 8. The molecule has 128 heavy (non-hydrogen) atoms. The maximum atomic E-state index is 12.4. The van der Waals surface area contributed by atoms with E-state index in [9.17, 15) is 57.1 Å². The molecule has 35 heteroatoms. The number of aromatic nitrogens is 3. The molecule has 0 bridgehead atoms. The van der Waals surface area contributed by atoms with Crippen molar-refractivity contribution >= 4 is 213 Å². The van der Waals surface area contributed by atoms with Crippen LogP contribution in [0.15, 0.2) is 216 Å². The lowest BCUT2D eigenvalue weighted by Crippen LogP contribution is -2.36. The zero-order valence-electron chi connectivity index (χ0n) is 72.1. The molecular weight excluding hydrogens is 2000 g/mol. The number of aliphatic carboxylic acids is 1. The first-order chi connectivity index (χ1) is 61.1. The molecule has 8 amide bonds. The molecule has 0 unspecified atom stereocenters. The van der Waals surface area contributed by atoms with Crippen molar-refractivity contribution in [2.24, 2.45) is 5.90 Å². The van der Waals surface area contributed by atoms with Gasteiger partial charge in [0.15, 0.2) is 0 Å². The van der Waals surface area contributed by atoms with Crippen molar-refractivity contribution in [1.82, 2.24) is 29.7 Å². The number of hydrogen-bond acceptors (Lipinski definition) is 22. The number of nitrogens with zero attached hydrogens (tertiary/aromatic N) is 7. The van der Waals surface area contributed by atoms with E-state index in [2.05, 4.69) is 146 Å². The fraction of sp³-hybridized carbons (Fsp3) is 0.269. The summed E-state index contributed by atoms with van der Waals surface area (Å²) in [6.45, 7) is 17.9. The summed E-state index contributed by atoms with van der Waals surface area (Å²) in [5.74, 6) is 2.43. The number of carboxylic acid groups (broad SMARTS) is 1. The predicted octanol–water partition coefficient (Wildman–Crippen LogP) is 21.4. The molecule has 0 fully saturated rings. The number of nitrogen functional groups attached to an aromatic ring is 1. The quantitative estimate of drug-likeness (QED) is 0.0126. The zero-order chi connectivity index (χ0) is 94.8. The van der Waals surface area contributed by atoms with Crippen LogP contribution >= 0.6 is 91.3 Å². The van der Waals surface area contributed by atoms with Gasteiger partial charge in [0.05, 0.1) is 58.5 Å². The Balaban J connectivity index is 0.000000209. The minimum Gasteiger partial charge on any atom is -0.481 e. The smallest absolute Gasteiger partial charge is 0.481 e. The SMILES string of the molecule is Brc1ccc2cc3c(nc2c1)NCC3.CC(C)(C)OC(=O)N1CCc2cc3ccc(Br)cc3nc21.CC(C)(C)OC(=O)OC(=O)OC(C)(C)C.NO.Nc1cccc(Br)c1.O=C(CCCN1C(=O)c2ccccc2C1=O)Nc1cccc(Br)c1.O=C(O)CCCN1C(=O)c2ccccc2C1=O.O=C1c2ccccc2C(=O)N1CCc1cc2ccc(Br)cc2nc1Cl.[2H]CF.[HH]. The second-order valence-electron chi connectivity index (χ2n) is 31.4. The molecule has 0 radical (unpaired) electrons. The average Bonchev–Trinajstić information content (AvgIpc) is 1.62. The fourth-order valence-electron chi connectivity index (χ4n) is 12.9. The summed E-state index contributed by atoms with van der Waals surface area (Å²) < 4.78 is 39.6. The number of carbonyl (C=O) groups is 11. The number of benzene rings is 8. The van der Waals surface area contributed by atoms with Crippen LogP contribution in [0.1, 0.15) is 170 Å². The van der Waals surface area contributed by atoms with Crippen LogP contribution in [0, 0.1) is 0 Å². The molecule has 5 aliphatic heterocycles. The second kappa shape index (κ2) is 47.0. The second-order valence-corrected chi connectivity index (χ2v) is 36.3. The standard InChI is InChI=1S/C19H12BrClN2O2.C18H15BrN2O3.C16H17BrN2O2.C12H11NO4.C11H9BrN2.C10H18O5.C6H6BrN.CH3F.H3NO.H2/c20-13-6-5-11-9-12(17(21)22-16(11)10-13)7-8-23-18(24)14-3-1-2-4-15(14)19(23)25;19-12-5-3-6-13(11-12)20-16(22)9-4-10-21-17(23)14-7-1-2-8-15(14)18(21)24;1-16(2,3)21-15(20)19-7-6-11-8-10-4-5-12(17)9-13(10)18-14(11)19;14-10(15)6-3-7-13-11(16)8-4-1-2-5-9(8)12(13)17;12-9-2-1-7-5-8-3-4-13-11(8)14-10(7)6-9;1-9(2,3)14-7(11)13-8(12)15-10(4,5)6;7-5-2-1-3-6(8)4-5;2*1-2;/h1-6,9-10H,7-8H2;1-3,5-8,11H,4,9-10H2,(H,20,22);4-5,8-9H,6-7H2,1-3H3;1-2,4-5H,3,6-7H2,(H,14,15);1-2,5-6H,3-4H2,(H,13,14);1-6H3;1-4H,8H2;1H3;2H,1H2;1H/i;;;;;;;1D;;. The lowest BCUT2D eigenvalue weighted by molar-refractivity contribution is -0.137. The molecule has 0 saturated heterocycles. The van der Waals surface area contributed by atoms with Gasteiger partial charge in [-0.1, -0.05) is 158 Å². The molecule has 28 nitrogen and oxygen atoms in total. The Morgan fingerprint density at radius 2 is 0.906 bits per heavy atom. The van der Waals surface area contributed by atoms with Gasteiger partial charge in [-0.25, -0.2) is 35.2 Å². The van der Waals surface area contributed by atoms with Crippen LogP contribution in [0.25, 0.3) is 32.7 Å². The molecule has 8 N–H and O–H groups in total. The van der Waals surface area contributed by atoms with Crippen LogP contribution < -0.4 is 27.2 Å². The van der Waals surface area contributed by atoms with Gasteiger partial charge >= 0.3 is 24.4 Å². The van der Waals surface area contributed by atoms with Crippen LogP contribution in [-0.4, -0.2) is 162 Å². The highest BCUT2D eigenvalue weighted by atomic mass is 79.9. The van der Waals surface area contributed by atoms with E-state index in [4.69, 9.17) is 43.2 Å². The number of imide groups is 3. The van der Waals surface area contributed by atoms with Crippen LogP contribution in [0.3, 0.4) is 0 Å². The number of carboxylic acids is 1. The Morgan fingerprint density at radius 1 is 0.508 bits per heavy atom. The Hall–Kier alpha value is -11.5. The molecule has 11 aromatic rings. The highest BCUT2D eigenvalue weighted by Crippen LogP contribution is 2.34. The van der Waals surface area contributed by atoms with Crippen LogP contribution in [0.2, 0.25) is 5.15 Å². The first-order valence-corrected chi connectivity index (χ1v) is 44.0. The minimum absolute atomic E-state index is 0. The van der Waals surface area contributed by atoms with Crippen molar-refractivity contribution in [3.05, 3.63) is 272 Å². The number of alkyl halides is 1. The van der Waals surface area contributed by atoms with E-state index in [0.29, 0.717) is 63.6 Å². The van der Waals surface area contributed by atoms with E-state index in [0.717, 1.165) is 102 Å². The summed E-state index contributed by atoms with van der Waals surface area (Å²) >= 11 is 23.2. The number of nitrogens with one attached hydrogen (secondary N) is 2. The van der Waals surface area contributed by atoms with E-state index in [1.54, 1.807) is 125 Å². The summed E-state index contributed by atoms with van der Waals surface area (Å²) in [7, 11) is -1.00. The van der Waals surface area contributed by atoms with Gasteiger partial charge in [0.1, 0.15) is 33.6 Å². The van der Waals surface area contributed by atoms with E-state index < -0.39 is 42.2 Å². The maximum absolute atomic E-state index is 12.4. The molecule has 0 saturated carbocycles. The van der Waals surface area contributed by atoms with E-state index in [-0.39, 0.29) is 87.8 Å². The molecular formula is C93H96Br5ClFN11O17. The van der Waals surface area contributed by atoms with Crippen LogP contribution in [0.4, 0.5) is 41.8 Å². The summed E-state index contributed by atoms with van der Waals surface area (Å²) in [6, 6.07) is 59.4. The summed E-state index contributed by atoms with van der Waals surface area (Å²) in [5.41, 5.74) is 13.6. The van der Waals surface area contributed by atoms with Crippen molar-refractivity contribution < 1.29 is 89.2 Å². The van der Waals surface area contributed by atoms with Crippen LogP contribution in [-0.2, 0) is 47.8 Å². The highest BCUT2D eigenvalue weighted by Gasteiger charge is 2.38. The normalized spacial score (nSPS) is 13.0. The monoisotopic (exact) mass is 2090 g/mol. The number of nitrogens with two attached hydrogens (primary N) is 2. The molecule has 5 aliphatic rings. The van der Waals surface area contributed by atoms with Gasteiger partial charge in [0, 0.05) is 96.9 Å². The van der Waals surface area contributed by atoms with Gasteiger partial charge in [-0.3, -0.25) is 62.3 Å². The van der Waals surface area contributed by atoms with Crippen molar-refractivity contribution in [3.8, 4) is 0 Å². The number of amides is 8. The Morgan fingerprint density at radius 3 is 1.33 bits per heavy atom. The topological polar surface area (TPSA) is 393 Å². The zero-order valence-corrected chi connectivity index (χ0v) is 79.8. The molecule has 8 heterocycles. The number of carbonyl (C=O) groups excluding carboxylic acids is 10. The van der Waals surface area contributed by atoms with Gasteiger partial charge in [-0.2, -0.15) is 0 Å². The van der Waals surface area contributed by atoms with Gasteiger partial charge in [-0.15, -0.1) is 0 Å². The molecule has 0 spiro atoms. The van der Waals surface area contributed by atoms with Crippen LogP contribution in [0.5, 0.6) is 0 Å². The number of pyridine rings is 3. The third-order valence-electron chi connectivity index (χ3n) is 18.4. The van der Waals surface area contributed by atoms with E-state index >= 15 is 0 Å². The lowest BCUT2D eigenvalue weighted by atomic mass is 10.1. The van der Waals surface area contributed by atoms with E-state index in [1.165, 1.54) is 20.7 Å². The maximum Gasteiger partial charge on any atom is 0.519 e. The van der Waals surface area contributed by atoms with Crippen molar-refractivity contribution in [1.29, 1.82) is 0 Å². The number of rotatable bonds is 12. The summed E-state index contributed by atoms with van der Waals surface area (Å²) in [5, 5.41) is 24.7. The predicted molar refractivity (Wildman–Crippen MR) is 508 cm³/mol. The third kappa shape index (κ3) is 29.5. The first kappa shape index (κ1) is 100. The highest BCUT2D eigenvalue weighted by molar-refractivity contribution is 9.11. The molecule has 0 aliphatic carbocycles. The first-order valence-electron chi connectivity index (χ1n) is 40.3. The molecule has 674 valence electrons. The number of anilines is 4. The Labute approximate surface area is 788 Å². The largest absolute Gasteiger partial charge is 0.519 e. The van der Waals surface area contributed by atoms with Crippen molar-refractivity contribution in [2.45, 2.75) is 124 Å². The van der Waals surface area contributed by atoms with Gasteiger partial charge in [0.25, 0.3) is 35.4 Å². The average molecular weight is 2090 g/mol. The molecule has 8 aromatic carbocycles.